The van der Waals surface area contributed by atoms with Crippen molar-refractivity contribution in [3.05, 3.63) is 11.4 Å². The lowest BCUT2D eigenvalue weighted by Gasteiger charge is -2.05. The molecule has 1 aromatic heterocycles. The Morgan fingerprint density at radius 2 is 2.20 bits per heavy atom. The summed E-state index contributed by atoms with van der Waals surface area (Å²) in [5.74, 6) is 0.321. The molecule has 0 unspecified atom stereocenters. The van der Waals surface area contributed by atoms with Crippen LogP contribution in [0.25, 0.3) is 0 Å². The van der Waals surface area contributed by atoms with Gasteiger partial charge in [0.25, 0.3) is 0 Å². The third-order valence-electron chi connectivity index (χ3n) is 1.75. The van der Waals surface area contributed by atoms with Crippen LogP contribution in [0.3, 0.4) is 0 Å². The van der Waals surface area contributed by atoms with Gasteiger partial charge in [-0.2, -0.15) is 8.42 Å². The minimum absolute atomic E-state index is 0.0441. The number of hydrogen-bond donors (Lipinski definition) is 0. The molecule has 0 radical (unpaired) electrons. The molecule has 0 aliphatic carbocycles. The molecule has 6 heteroatoms. The van der Waals surface area contributed by atoms with Crippen LogP contribution in [-0.4, -0.2) is 21.3 Å². The summed E-state index contributed by atoms with van der Waals surface area (Å²) in [5.41, 5.74) is 0. The number of ether oxygens (including phenoxy) is 1. The third-order valence-corrected chi connectivity index (χ3v) is 3.82. The van der Waals surface area contributed by atoms with Crippen molar-refractivity contribution < 1.29 is 17.3 Å². The van der Waals surface area contributed by atoms with Crippen LogP contribution in [0.5, 0.6) is 10.8 Å². The highest BCUT2D eigenvalue weighted by molar-refractivity contribution is 7.87. The fourth-order valence-corrected chi connectivity index (χ4v) is 2.81. The van der Waals surface area contributed by atoms with Gasteiger partial charge >= 0.3 is 10.1 Å². The zero-order valence-corrected chi connectivity index (χ0v) is 10.4. The first-order valence-electron chi connectivity index (χ1n) is 4.62. The first kappa shape index (κ1) is 12.3. The number of rotatable bonds is 6. The van der Waals surface area contributed by atoms with Crippen molar-refractivity contribution >= 4 is 21.5 Å². The van der Waals surface area contributed by atoms with E-state index in [0.717, 1.165) is 6.42 Å². The Kier molecular flexibility index (Phi) is 4.41. The fraction of sp³-hybridized carbons (Fsp3) is 0.556. The maximum absolute atomic E-state index is 11.5. The first-order valence-corrected chi connectivity index (χ1v) is 7.08. The summed E-state index contributed by atoms with van der Waals surface area (Å²) >= 11 is 1.30. The molecule has 0 bridgehead atoms. The lowest BCUT2D eigenvalue weighted by Crippen LogP contribution is -2.13. The average Bonchev–Trinajstić information content (AvgIpc) is 2.61. The molecule has 0 atom stereocenters. The van der Waals surface area contributed by atoms with Crippen LogP contribution in [0.1, 0.15) is 19.8 Å². The first-order chi connectivity index (χ1) is 7.09. The molecule has 1 aromatic rings. The van der Waals surface area contributed by atoms with E-state index in [0.29, 0.717) is 11.5 Å². The number of unbranched alkanes of at least 4 members (excludes halogenated alkanes) is 1. The average molecular weight is 250 g/mol. The Hall–Kier alpha value is -0.750. The molecule has 0 N–H and O–H groups in total. The van der Waals surface area contributed by atoms with Gasteiger partial charge in [0.2, 0.25) is 5.06 Å². The van der Waals surface area contributed by atoms with Crippen molar-refractivity contribution in [2.45, 2.75) is 19.8 Å². The van der Waals surface area contributed by atoms with Crippen molar-refractivity contribution in [3.63, 3.8) is 0 Å². The van der Waals surface area contributed by atoms with Crippen molar-refractivity contribution in [1.29, 1.82) is 0 Å². The largest absolute Gasteiger partial charge is 0.485 e. The Balaban J connectivity index is 2.68. The van der Waals surface area contributed by atoms with Crippen LogP contribution >= 0.6 is 11.3 Å². The molecule has 0 aliphatic rings. The van der Waals surface area contributed by atoms with Gasteiger partial charge in [0.05, 0.1) is 12.9 Å². The van der Waals surface area contributed by atoms with Crippen molar-refractivity contribution in [3.8, 4) is 10.8 Å². The predicted molar refractivity (Wildman–Crippen MR) is 60.2 cm³/mol. The second-order valence-electron chi connectivity index (χ2n) is 2.98. The Labute approximate surface area is 94.0 Å². The van der Waals surface area contributed by atoms with Crippen molar-refractivity contribution in [1.82, 2.24) is 0 Å². The minimum atomic E-state index is -3.47. The third kappa shape index (κ3) is 3.71. The van der Waals surface area contributed by atoms with Crippen molar-refractivity contribution in [2.24, 2.45) is 0 Å². The highest BCUT2D eigenvalue weighted by Gasteiger charge is 2.16. The van der Waals surface area contributed by atoms with Crippen LogP contribution in [0, 0.1) is 0 Å². The molecule has 15 heavy (non-hydrogen) atoms. The summed E-state index contributed by atoms with van der Waals surface area (Å²) in [7, 11) is -1.99. The molecule has 1 rings (SSSR count). The lowest BCUT2D eigenvalue weighted by atomic mass is 10.4. The number of methoxy groups -OCH3 is 1. The van der Waals surface area contributed by atoms with Gasteiger partial charge in [-0.3, -0.25) is 0 Å². The predicted octanol–water partition coefficient (Wildman–Crippen LogP) is 2.27. The molecule has 0 saturated heterocycles. The SMILES string of the molecule is CCCCS(=O)(=O)Oc1ccsc1OC. The normalized spacial score (nSPS) is 11.3. The van der Waals surface area contributed by atoms with Crippen LogP contribution in [0.4, 0.5) is 0 Å². The molecule has 0 fully saturated rings. The van der Waals surface area contributed by atoms with E-state index in [1.807, 2.05) is 6.92 Å². The Bertz CT molecular complexity index is 394. The summed E-state index contributed by atoms with van der Waals surface area (Å²) in [6.07, 6.45) is 1.43. The monoisotopic (exact) mass is 250 g/mol. The van der Waals surface area contributed by atoms with Crippen LogP contribution in [0.2, 0.25) is 0 Å². The molecular formula is C9H14O4S2. The Morgan fingerprint density at radius 3 is 2.80 bits per heavy atom. The summed E-state index contributed by atoms with van der Waals surface area (Å²) < 4.78 is 32.8. The molecule has 1 heterocycles. The van der Waals surface area contributed by atoms with E-state index < -0.39 is 10.1 Å². The van der Waals surface area contributed by atoms with E-state index >= 15 is 0 Å². The highest BCUT2D eigenvalue weighted by Crippen LogP contribution is 2.34. The molecule has 0 saturated carbocycles. The maximum Gasteiger partial charge on any atom is 0.309 e. The maximum atomic E-state index is 11.5. The van der Waals surface area contributed by atoms with Crippen LogP contribution in [-0.2, 0) is 10.1 Å². The molecule has 0 amide bonds. The van der Waals surface area contributed by atoms with E-state index in [4.69, 9.17) is 8.92 Å². The molecule has 0 aliphatic heterocycles. The quantitative estimate of drug-likeness (QED) is 0.727. The van der Waals surface area contributed by atoms with Gasteiger partial charge < -0.3 is 8.92 Å². The molecule has 86 valence electrons. The van der Waals surface area contributed by atoms with E-state index in [2.05, 4.69) is 0 Å². The van der Waals surface area contributed by atoms with Gasteiger partial charge in [-0.25, -0.2) is 0 Å². The summed E-state index contributed by atoms with van der Waals surface area (Å²) in [6.45, 7) is 1.93. The van der Waals surface area contributed by atoms with E-state index in [-0.39, 0.29) is 11.5 Å². The summed E-state index contributed by atoms with van der Waals surface area (Å²) in [6, 6.07) is 1.59. The second kappa shape index (κ2) is 5.37. The highest BCUT2D eigenvalue weighted by atomic mass is 32.2. The standard InChI is InChI=1S/C9H14O4S2/c1-3-4-7-15(10,11)13-8-5-6-14-9(8)12-2/h5-6H,3-4,7H2,1-2H3. The van der Waals surface area contributed by atoms with Crippen molar-refractivity contribution in [2.75, 3.05) is 12.9 Å². The second-order valence-corrected chi connectivity index (χ2v) is 5.54. The van der Waals surface area contributed by atoms with Gasteiger partial charge in [0.15, 0.2) is 5.75 Å². The van der Waals surface area contributed by atoms with Gasteiger partial charge in [-0.15, -0.1) is 11.3 Å². The number of hydrogen-bond acceptors (Lipinski definition) is 5. The van der Waals surface area contributed by atoms with Gasteiger partial charge in [-0.1, -0.05) is 13.3 Å². The fourth-order valence-electron chi connectivity index (χ4n) is 0.994. The van der Waals surface area contributed by atoms with E-state index in [1.165, 1.54) is 18.4 Å². The van der Waals surface area contributed by atoms with E-state index in [9.17, 15) is 8.42 Å². The minimum Gasteiger partial charge on any atom is -0.485 e. The van der Waals surface area contributed by atoms with Gasteiger partial charge in [0, 0.05) is 0 Å². The van der Waals surface area contributed by atoms with E-state index in [1.54, 1.807) is 11.4 Å². The summed E-state index contributed by atoms with van der Waals surface area (Å²) in [5, 5.41) is 2.21. The molecule has 4 nitrogen and oxygen atoms in total. The molecule has 0 spiro atoms. The van der Waals surface area contributed by atoms with Gasteiger partial charge in [-0.05, 0) is 17.9 Å². The lowest BCUT2D eigenvalue weighted by molar-refractivity contribution is 0.402. The van der Waals surface area contributed by atoms with Gasteiger partial charge in [0.1, 0.15) is 0 Å². The zero-order valence-electron chi connectivity index (χ0n) is 8.73. The summed E-state index contributed by atoms with van der Waals surface area (Å²) in [4.78, 5) is 0. The zero-order chi connectivity index (χ0) is 11.3. The topological polar surface area (TPSA) is 52.6 Å². The molecular weight excluding hydrogens is 236 g/mol. The smallest absolute Gasteiger partial charge is 0.309 e. The van der Waals surface area contributed by atoms with Crippen LogP contribution in [0.15, 0.2) is 11.4 Å². The Morgan fingerprint density at radius 1 is 1.47 bits per heavy atom. The number of thiophene rings is 1. The molecule has 0 aromatic carbocycles. The van der Waals surface area contributed by atoms with Crippen LogP contribution < -0.4 is 8.92 Å².